The molecule has 0 aliphatic carbocycles. The topological polar surface area (TPSA) is 36.4 Å². The van der Waals surface area contributed by atoms with E-state index >= 15 is 0 Å². The van der Waals surface area contributed by atoms with Gasteiger partial charge in [-0.1, -0.05) is 6.58 Å². The first-order chi connectivity index (χ1) is 4.66. The summed E-state index contributed by atoms with van der Waals surface area (Å²) in [5, 5.41) is 0. The van der Waals surface area contributed by atoms with Gasteiger partial charge in [-0.05, 0) is 13.8 Å². The molecule has 0 heterocycles. The molecular formula is C7H15N3. The van der Waals surface area contributed by atoms with Gasteiger partial charge in [0.1, 0.15) is 0 Å². The van der Waals surface area contributed by atoms with Gasteiger partial charge in [0, 0.05) is 19.3 Å². The zero-order valence-corrected chi connectivity index (χ0v) is 6.81. The Kier molecular flexibility index (Phi) is 4.58. The van der Waals surface area contributed by atoms with Crippen LogP contribution in [0.4, 0.5) is 0 Å². The molecule has 58 valence electrons. The van der Waals surface area contributed by atoms with Crippen molar-refractivity contribution in [2.45, 2.75) is 19.9 Å². The van der Waals surface area contributed by atoms with Crippen LogP contribution < -0.4 is 10.9 Å². The monoisotopic (exact) mass is 141 g/mol. The summed E-state index contributed by atoms with van der Waals surface area (Å²) in [6, 6.07) is 0.329. The number of allylic oxidation sites excluding steroid dienone is 1. The van der Waals surface area contributed by atoms with Crippen molar-refractivity contribution in [2.24, 2.45) is 4.99 Å². The third kappa shape index (κ3) is 5.31. The number of hydrogen-bond donors (Lipinski definition) is 2. The minimum Gasteiger partial charge on any atom is -0.321 e. The van der Waals surface area contributed by atoms with Crippen molar-refractivity contribution in [1.82, 2.24) is 10.9 Å². The predicted molar refractivity (Wildman–Crippen MR) is 45.0 cm³/mol. The van der Waals surface area contributed by atoms with Crippen LogP contribution in [0.25, 0.3) is 0 Å². The lowest BCUT2D eigenvalue weighted by Crippen LogP contribution is -2.26. The largest absolute Gasteiger partial charge is 0.321 e. The molecule has 0 bridgehead atoms. The molecule has 0 fully saturated rings. The Labute approximate surface area is 62.2 Å². The number of nitrogens with one attached hydrogen (secondary N) is 2. The molecule has 3 heteroatoms. The van der Waals surface area contributed by atoms with Crippen molar-refractivity contribution >= 4 is 6.21 Å². The summed E-state index contributed by atoms with van der Waals surface area (Å²) >= 11 is 0. The molecule has 0 amide bonds. The smallest absolute Gasteiger partial charge is 0.0594 e. The molecule has 0 radical (unpaired) electrons. The maximum atomic E-state index is 4.12. The molecule has 3 nitrogen and oxygen atoms in total. The molecule has 0 atom stereocenters. The van der Waals surface area contributed by atoms with E-state index in [2.05, 4.69) is 22.4 Å². The lowest BCUT2D eigenvalue weighted by atomic mass is 10.4. The molecule has 0 aromatic heterocycles. The molecule has 2 N–H and O–H groups in total. The van der Waals surface area contributed by atoms with Gasteiger partial charge in [-0.15, -0.1) is 0 Å². The standard InChI is InChI=1S/C7H15N3/c1-6(2)9-5-7(3)10-8-4/h5-6,8,10H,3H2,1-2,4H3/b9-5-. The SMILES string of the molecule is C=C(/C=N\C(C)C)NNC. The first kappa shape index (κ1) is 9.17. The Morgan fingerprint density at radius 1 is 1.60 bits per heavy atom. The highest BCUT2D eigenvalue weighted by Crippen LogP contribution is 1.84. The van der Waals surface area contributed by atoms with Crippen molar-refractivity contribution < 1.29 is 0 Å². The second-order valence-electron chi connectivity index (χ2n) is 2.27. The number of nitrogens with zero attached hydrogens (tertiary/aromatic N) is 1. The summed E-state index contributed by atoms with van der Waals surface area (Å²) in [5.74, 6) is 0. The number of hydrazine groups is 1. The van der Waals surface area contributed by atoms with E-state index in [1.165, 1.54) is 0 Å². The molecule has 0 aliphatic heterocycles. The normalized spacial score (nSPS) is 10.8. The van der Waals surface area contributed by atoms with Gasteiger partial charge in [-0.25, -0.2) is 5.43 Å². The average Bonchev–Trinajstić information content (AvgIpc) is 1.85. The van der Waals surface area contributed by atoms with Crippen molar-refractivity contribution in [3.8, 4) is 0 Å². The van der Waals surface area contributed by atoms with E-state index in [4.69, 9.17) is 0 Å². The van der Waals surface area contributed by atoms with Gasteiger partial charge >= 0.3 is 0 Å². The van der Waals surface area contributed by atoms with Gasteiger partial charge in [0.25, 0.3) is 0 Å². The fourth-order valence-corrected chi connectivity index (χ4v) is 0.432. The van der Waals surface area contributed by atoms with Crippen LogP contribution in [0.3, 0.4) is 0 Å². The van der Waals surface area contributed by atoms with Crippen molar-refractivity contribution in [3.63, 3.8) is 0 Å². The summed E-state index contributed by atoms with van der Waals surface area (Å²) in [5.41, 5.74) is 6.33. The molecule has 0 saturated carbocycles. The highest BCUT2D eigenvalue weighted by atomic mass is 15.3. The van der Waals surface area contributed by atoms with Crippen LogP contribution in [0.2, 0.25) is 0 Å². The molecule has 0 rings (SSSR count). The number of aliphatic imine (C=N–C) groups is 1. The molecule has 0 unspecified atom stereocenters. The zero-order valence-electron chi connectivity index (χ0n) is 6.81. The van der Waals surface area contributed by atoms with Crippen molar-refractivity contribution in [1.29, 1.82) is 0 Å². The Bertz CT molecular complexity index is 127. The van der Waals surface area contributed by atoms with Crippen molar-refractivity contribution in [3.05, 3.63) is 12.3 Å². The van der Waals surface area contributed by atoms with Crippen LogP contribution in [0.15, 0.2) is 17.3 Å². The molecule has 0 aliphatic rings. The van der Waals surface area contributed by atoms with Crippen LogP contribution in [0.5, 0.6) is 0 Å². The van der Waals surface area contributed by atoms with Gasteiger partial charge in [0.15, 0.2) is 0 Å². The summed E-state index contributed by atoms with van der Waals surface area (Å²) in [4.78, 5) is 4.12. The van der Waals surface area contributed by atoms with Gasteiger partial charge in [0.05, 0.1) is 5.70 Å². The van der Waals surface area contributed by atoms with E-state index < -0.39 is 0 Å². The van der Waals surface area contributed by atoms with Gasteiger partial charge in [-0.2, -0.15) is 0 Å². The number of rotatable bonds is 4. The first-order valence-corrected chi connectivity index (χ1v) is 3.31. The minimum atomic E-state index is 0.329. The molecule has 0 saturated heterocycles. The van der Waals surface area contributed by atoms with Gasteiger partial charge < -0.3 is 5.43 Å². The minimum absolute atomic E-state index is 0.329. The third-order valence-corrected chi connectivity index (χ3v) is 0.814. The van der Waals surface area contributed by atoms with Crippen LogP contribution in [-0.4, -0.2) is 19.3 Å². The summed E-state index contributed by atoms with van der Waals surface area (Å²) in [6.45, 7) is 7.73. The van der Waals surface area contributed by atoms with E-state index in [0.29, 0.717) is 6.04 Å². The van der Waals surface area contributed by atoms with Crippen LogP contribution in [0.1, 0.15) is 13.8 Å². The highest BCUT2D eigenvalue weighted by Gasteiger charge is 1.85. The van der Waals surface area contributed by atoms with Crippen LogP contribution >= 0.6 is 0 Å². The van der Waals surface area contributed by atoms with Crippen LogP contribution in [-0.2, 0) is 0 Å². The van der Waals surface area contributed by atoms with E-state index in [1.807, 2.05) is 13.8 Å². The summed E-state index contributed by atoms with van der Waals surface area (Å²) in [7, 11) is 1.79. The maximum Gasteiger partial charge on any atom is 0.0594 e. The van der Waals surface area contributed by atoms with E-state index in [0.717, 1.165) is 5.70 Å². The second-order valence-corrected chi connectivity index (χ2v) is 2.27. The summed E-state index contributed by atoms with van der Waals surface area (Å²) in [6.07, 6.45) is 1.71. The zero-order chi connectivity index (χ0) is 7.98. The van der Waals surface area contributed by atoms with Gasteiger partial charge in [-0.3, -0.25) is 4.99 Å². The fraction of sp³-hybridized carbons (Fsp3) is 0.571. The Hall–Kier alpha value is -0.830. The van der Waals surface area contributed by atoms with Crippen LogP contribution in [0, 0.1) is 0 Å². The van der Waals surface area contributed by atoms with Crippen molar-refractivity contribution in [2.75, 3.05) is 7.05 Å². The predicted octanol–water partition coefficient (Wildman–Crippen LogP) is 0.703. The lowest BCUT2D eigenvalue weighted by molar-refractivity contribution is 0.714. The second kappa shape index (κ2) is 4.99. The molecule has 0 spiro atoms. The molecule has 0 aromatic rings. The maximum absolute atomic E-state index is 4.12. The highest BCUT2D eigenvalue weighted by molar-refractivity contribution is 5.76. The fourth-order valence-electron chi connectivity index (χ4n) is 0.432. The summed E-state index contributed by atoms with van der Waals surface area (Å²) < 4.78 is 0. The van der Waals surface area contributed by atoms with Gasteiger partial charge in [0.2, 0.25) is 0 Å². The Morgan fingerprint density at radius 3 is 2.60 bits per heavy atom. The molecule has 0 aromatic carbocycles. The van der Waals surface area contributed by atoms with E-state index in [1.54, 1.807) is 13.3 Å². The lowest BCUT2D eigenvalue weighted by Gasteiger charge is -2.01. The molecular weight excluding hydrogens is 126 g/mol. The van der Waals surface area contributed by atoms with E-state index in [9.17, 15) is 0 Å². The first-order valence-electron chi connectivity index (χ1n) is 3.31. The molecule has 10 heavy (non-hydrogen) atoms. The third-order valence-electron chi connectivity index (χ3n) is 0.814. The Morgan fingerprint density at radius 2 is 2.20 bits per heavy atom. The number of hydrogen-bond acceptors (Lipinski definition) is 3. The quantitative estimate of drug-likeness (QED) is 0.446. The van der Waals surface area contributed by atoms with E-state index in [-0.39, 0.29) is 0 Å². The average molecular weight is 141 g/mol. The Balaban J connectivity index is 3.56.